The molecule has 7 heteroatoms. The van der Waals surface area contributed by atoms with Crippen LogP contribution in [0, 0.1) is 0 Å². The molecule has 0 aliphatic heterocycles. The van der Waals surface area contributed by atoms with Crippen LogP contribution in [0.15, 0.2) is 46.0 Å². The number of carbonyl (C=O) groups is 1. The maximum absolute atomic E-state index is 11.9. The van der Waals surface area contributed by atoms with Crippen molar-refractivity contribution < 1.29 is 9.90 Å². The molecule has 4 nitrogen and oxygen atoms in total. The summed E-state index contributed by atoms with van der Waals surface area (Å²) >= 11 is 15.1. The maximum atomic E-state index is 11.9. The highest BCUT2D eigenvalue weighted by Crippen LogP contribution is 2.24. The zero-order valence-electron chi connectivity index (χ0n) is 10.5. The molecule has 108 valence electrons. The Bertz CT molecular complexity index is 720. The number of halogens is 3. The van der Waals surface area contributed by atoms with Crippen LogP contribution in [0.5, 0.6) is 5.75 Å². The van der Waals surface area contributed by atoms with Gasteiger partial charge in [-0.3, -0.25) is 4.79 Å². The Morgan fingerprint density at radius 1 is 1.29 bits per heavy atom. The van der Waals surface area contributed by atoms with Gasteiger partial charge in [-0.25, -0.2) is 5.43 Å². The largest absolute Gasteiger partial charge is 0.507 e. The lowest BCUT2D eigenvalue weighted by atomic mass is 10.2. The summed E-state index contributed by atoms with van der Waals surface area (Å²) in [6.45, 7) is 0. The quantitative estimate of drug-likeness (QED) is 0.611. The number of nitrogens with zero attached hydrogens (tertiary/aromatic N) is 1. The summed E-state index contributed by atoms with van der Waals surface area (Å²) < 4.78 is 0.673. The Labute approximate surface area is 139 Å². The van der Waals surface area contributed by atoms with E-state index in [4.69, 9.17) is 23.2 Å². The number of phenols is 1. The molecule has 2 N–H and O–H groups in total. The summed E-state index contributed by atoms with van der Waals surface area (Å²) in [6.07, 6.45) is 1.38. The highest BCUT2D eigenvalue weighted by Gasteiger charge is 2.10. The van der Waals surface area contributed by atoms with Crippen molar-refractivity contribution in [3.8, 4) is 5.75 Å². The molecule has 0 aromatic heterocycles. The minimum Gasteiger partial charge on any atom is -0.507 e. The van der Waals surface area contributed by atoms with Gasteiger partial charge in [0.1, 0.15) is 5.75 Å². The minimum absolute atomic E-state index is 0.110. The van der Waals surface area contributed by atoms with Crippen LogP contribution in [-0.4, -0.2) is 17.2 Å². The molecule has 0 aliphatic carbocycles. The highest BCUT2D eigenvalue weighted by molar-refractivity contribution is 9.10. The molecular formula is C14H9BrCl2N2O2. The third kappa shape index (κ3) is 3.97. The summed E-state index contributed by atoms with van der Waals surface area (Å²) in [5, 5.41) is 14.2. The number of nitrogens with one attached hydrogen (secondary N) is 1. The van der Waals surface area contributed by atoms with Gasteiger partial charge in [0, 0.05) is 10.0 Å². The van der Waals surface area contributed by atoms with Gasteiger partial charge in [0.05, 0.1) is 21.8 Å². The second-order valence-electron chi connectivity index (χ2n) is 4.00. The van der Waals surface area contributed by atoms with Crippen molar-refractivity contribution in [3.63, 3.8) is 0 Å². The van der Waals surface area contributed by atoms with Gasteiger partial charge in [-0.15, -0.1) is 0 Å². The van der Waals surface area contributed by atoms with E-state index in [-0.39, 0.29) is 11.3 Å². The molecular weight excluding hydrogens is 379 g/mol. The minimum atomic E-state index is -0.539. The lowest BCUT2D eigenvalue weighted by Gasteiger charge is -2.04. The lowest BCUT2D eigenvalue weighted by molar-refractivity contribution is 0.0952. The van der Waals surface area contributed by atoms with E-state index in [1.54, 1.807) is 24.3 Å². The molecule has 2 aromatic rings. The normalized spacial score (nSPS) is 10.8. The topological polar surface area (TPSA) is 61.7 Å². The fraction of sp³-hybridized carbons (Fsp3) is 0. The van der Waals surface area contributed by atoms with Crippen molar-refractivity contribution in [2.45, 2.75) is 0 Å². The number of amides is 1. The first-order valence-corrected chi connectivity index (χ1v) is 7.30. The van der Waals surface area contributed by atoms with E-state index in [9.17, 15) is 9.90 Å². The van der Waals surface area contributed by atoms with Crippen molar-refractivity contribution in [2.24, 2.45) is 5.10 Å². The average molecular weight is 388 g/mol. The number of hydrazone groups is 1. The average Bonchev–Trinajstić information content (AvgIpc) is 2.46. The smallest absolute Gasteiger partial charge is 0.275 e. The molecule has 0 atom stereocenters. The molecule has 0 fully saturated rings. The number of phenolic OH excluding ortho intramolecular Hbond substituents is 1. The van der Waals surface area contributed by atoms with Crippen LogP contribution in [0.3, 0.4) is 0 Å². The fourth-order valence-corrected chi connectivity index (χ4v) is 2.25. The van der Waals surface area contributed by atoms with E-state index in [1.165, 1.54) is 18.3 Å². The van der Waals surface area contributed by atoms with Gasteiger partial charge >= 0.3 is 0 Å². The summed E-state index contributed by atoms with van der Waals surface area (Å²) in [5.41, 5.74) is 2.99. The Morgan fingerprint density at radius 2 is 2.05 bits per heavy atom. The van der Waals surface area contributed by atoms with Crippen LogP contribution in [0.2, 0.25) is 10.0 Å². The Hall–Kier alpha value is -1.56. The lowest BCUT2D eigenvalue weighted by Crippen LogP contribution is -2.17. The van der Waals surface area contributed by atoms with Gasteiger partial charge in [0.25, 0.3) is 5.91 Å². The Kier molecular flexibility index (Phi) is 5.22. The van der Waals surface area contributed by atoms with Crippen LogP contribution in [0.1, 0.15) is 15.9 Å². The van der Waals surface area contributed by atoms with Crippen LogP contribution >= 0.6 is 39.1 Å². The predicted octanol–water partition coefficient (Wildman–Crippen LogP) is 4.23. The van der Waals surface area contributed by atoms with Crippen molar-refractivity contribution in [1.82, 2.24) is 5.43 Å². The molecule has 0 bridgehead atoms. The van der Waals surface area contributed by atoms with Gasteiger partial charge in [-0.2, -0.15) is 5.10 Å². The van der Waals surface area contributed by atoms with Crippen LogP contribution in [0.4, 0.5) is 0 Å². The maximum Gasteiger partial charge on any atom is 0.275 e. The van der Waals surface area contributed by atoms with Gasteiger partial charge in [-0.05, 0) is 24.3 Å². The number of carbonyl (C=O) groups excluding carboxylic acids is 1. The first kappa shape index (κ1) is 15.8. The van der Waals surface area contributed by atoms with Crippen LogP contribution < -0.4 is 5.43 Å². The molecule has 0 radical (unpaired) electrons. The second-order valence-corrected chi connectivity index (χ2v) is 5.70. The van der Waals surface area contributed by atoms with E-state index in [0.29, 0.717) is 20.1 Å². The fourth-order valence-electron chi connectivity index (χ4n) is 1.53. The molecule has 2 rings (SSSR count). The van der Waals surface area contributed by atoms with Crippen LogP contribution in [-0.2, 0) is 0 Å². The third-order valence-corrected chi connectivity index (χ3v) is 3.88. The molecule has 0 saturated carbocycles. The Balaban J connectivity index is 2.12. The number of hydrogen-bond donors (Lipinski definition) is 2. The zero-order valence-corrected chi connectivity index (χ0v) is 13.6. The number of benzene rings is 2. The molecule has 0 unspecified atom stereocenters. The van der Waals surface area contributed by atoms with Gasteiger partial charge in [0.15, 0.2) is 0 Å². The second kappa shape index (κ2) is 6.93. The van der Waals surface area contributed by atoms with Gasteiger partial charge < -0.3 is 5.11 Å². The van der Waals surface area contributed by atoms with E-state index >= 15 is 0 Å². The first-order valence-electron chi connectivity index (χ1n) is 5.75. The Morgan fingerprint density at radius 3 is 2.81 bits per heavy atom. The van der Waals surface area contributed by atoms with Crippen LogP contribution in [0.25, 0.3) is 0 Å². The molecule has 2 aromatic carbocycles. The van der Waals surface area contributed by atoms with Crippen molar-refractivity contribution in [2.75, 3.05) is 0 Å². The monoisotopic (exact) mass is 386 g/mol. The summed E-state index contributed by atoms with van der Waals surface area (Å²) in [7, 11) is 0. The van der Waals surface area contributed by atoms with E-state index in [0.717, 1.165) is 0 Å². The van der Waals surface area contributed by atoms with E-state index < -0.39 is 5.91 Å². The van der Waals surface area contributed by atoms with Crippen molar-refractivity contribution >= 4 is 51.3 Å². The zero-order chi connectivity index (χ0) is 15.4. The summed E-state index contributed by atoms with van der Waals surface area (Å²) in [4.78, 5) is 11.9. The summed E-state index contributed by atoms with van der Waals surface area (Å²) in [6, 6.07) is 9.61. The van der Waals surface area contributed by atoms with Crippen molar-refractivity contribution in [3.05, 3.63) is 62.0 Å². The molecule has 0 aliphatic rings. The van der Waals surface area contributed by atoms with E-state index in [1.807, 2.05) is 0 Å². The number of aromatic hydroxyl groups is 1. The van der Waals surface area contributed by atoms with Crippen molar-refractivity contribution in [1.29, 1.82) is 0 Å². The number of rotatable bonds is 3. The predicted molar refractivity (Wildman–Crippen MR) is 87.3 cm³/mol. The SMILES string of the molecule is O=C(NN=Cc1cccc(Cl)c1Cl)c1cc(Br)ccc1O. The molecule has 0 saturated heterocycles. The van der Waals surface area contributed by atoms with Gasteiger partial charge in [-0.1, -0.05) is 51.3 Å². The highest BCUT2D eigenvalue weighted by atomic mass is 79.9. The standard InChI is InChI=1S/C14H9BrCl2N2O2/c15-9-4-5-12(20)10(6-9)14(21)19-18-7-8-2-1-3-11(16)13(8)17/h1-7,20H,(H,19,21). The first-order chi connectivity index (χ1) is 9.99. The molecule has 0 heterocycles. The van der Waals surface area contributed by atoms with E-state index in [2.05, 4.69) is 26.5 Å². The molecule has 1 amide bonds. The molecule has 21 heavy (non-hydrogen) atoms. The summed E-state index contributed by atoms with van der Waals surface area (Å²) in [5.74, 6) is -0.671. The number of hydrogen-bond acceptors (Lipinski definition) is 3. The molecule has 0 spiro atoms. The third-order valence-electron chi connectivity index (χ3n) is 2.55. The van der Waals surface area contributed by atoms with Gasteiger partial charge in [0.2, 0.25) is 0 Å².